The second-order valence-electron chi connectivity index (χ2n) is 7.88. The molecule has 1 aliphatic rings. The molecular weight excluding hydrogens is 550 g/mol. The Morgan fingerprint density at radius 3 is 1.61 bits per heavy atom. The Balaban J connectivity index is 1.75. The maximum atomic E-state index is 10.6. The summed E-state index contributed by atoms with van der Waals surface area (Å²) in [6.07, 6.45) is -5.92. The minimum absolute atomic E-state index is 0.0354. The predicted octanol–water partition coefficient (Wildman–Crippen LogP) is 2.52. The fourth-order valence-electron chi connectivity index (χ4n) is 4.23. The van der Waals surface area contributed by atoms with E-state index in [2.05, 4.69) is 20.3 Å². The molecule has 5 atom stereocenters. The van der Waals surface area contributed by atoms with E-state index in [9.17, 15) is 15.3 Å². The van der Waals surface area contributed by atoms with E-state index >= 15 is 0 Å². The lowest BCUT2D eigenvalue weighted by Crippen LogP contribution is -2.59. The van der Waals surface area contributed by atoms with E-state index < -0.39 is 48.6 Å². The molecule has 0 saturated carbocycles. The smallest absolute Gasteiger partial charge is 0.470 e. The van der Waals surface area contributed by atoms with Gasteiger partial charge in [-0.05, 0) is 16.7 Å². The molecule has 0 aliphatic carbocycles. The highest BCUT2D eigenvalue weighted by Crippen LogP contribution is 2.41. The molecule has 0 bridgehead atoms. The molecule has 1 heterocycles. The summed E-state index contributed by atoms with van der Waals surface area (Å²) in [5, 5.41) is 31.3. The number of benzene rings is 3. The average molecular weight is 576 g/mol. The monoisotopic (exact) mass is 576 g/mol. The van der Waals surface area contributed by atoms with E-state index in [1.54, 1.807) is 0 Å². The molecule has 0 amide bonds. The summed E-state index contributed by atoms with van der Waals surface area (Å²) in [5.74, 6) is 0. The summed E-state index contributed by atoms with van der Waals surface area (Å²) in [4.78, 5) is 0. The number of ether oxygens (including phenoxy) is 2. The highest BCUT2D eigenvalue weighted by molar-refractivity contribution is 14.1. The zero-order chi connectivity index (χ0) is 23.3. The Kier molecular flexibility index (Phi) is 8.57. The molecule has 4 rings (SSSR count). The second kappa shape index (κ2) is 11.4. The van der Waals surface area contributed by atoms with Crippen LogP contribution in [0.15, 0.2) is 91.0 Å². The molecule has 33 heavy (non-hydrogen) atoms. The van der Waals surface area contributed by atoms with Crippen molar-refractivity contribution in [3.8, 4) is 0 Å². The lowest BCUT2D eigenvalue weighted by molar-refractivity contribution is -0.283. The first-order valence-corrected chi connectivity index (χ1v) is 16.4. The van der Waals surface area contributed by atoms with Gasteiger partial charge in [0.2, 0.25) is 0 Å². The van der Waals surface area contributed by atoms with Crippen LogP contribution in [0.4, 0.5) is 0 Å². The lowest BCUT2D eigenvalue weighted by Gasteiger charge is -2.43. The zero-order valence-electron chi connectivity index (χ0n) is 17.9. The molecule has 3 aromatic rings. The Labute approximate surface area is 210 Å². The fourth-order valence-corrected chi connectivity index (χ4v) is 5.69. The maximum Gasteiger partial charge on any atom is 0.527 e. The van der Waals surface area contributed by atoms with E-state index in [0.29, 0.717) is 0 Å². The number of aliphatic hydroxyl groups excluding tert-OH is 3. The largest absolute Gasteiger partial charge is 0.527 e. The van der Waals surface area contributed by atoms with Crippen molar-refractivity contribution in [3.63, 3.8) is 0 Å². The van der Waals surface area contributed by atoms with Crippen molar-refractivity contribution in [2.45, 2.75) is 36.3 Å². The topological polar surface area (TPSA) is 88.4 Å². The van der Waals surface area contributed by atoms with Crippen molar-refractivity contribution in [1.29, 1.82) is 0 Å². The van der Waals surface area contributed by atoms with Gasteiger partial charge < -0.3 is 28.6 Å². The Morgan fingerprint density at radius 2 is 1.18 bits per heavy atom. The fraction of sp³-hybridized carbons (Fsp3) is 0.280. The summed E-state index contributed by atoms with van der Waals surface area (Å²) < 4.78 is 18.1. The van der Waals surface area contributed by atoms with Gasteiger partial charge in [0.25, 0.3) is 0 Å². The van der Waals surface area contributed by atoms with E-state index in [-0.39, 0.29) is 6.61 Å². The van der Waals surface area contributed by atoms with Gasteiger partial charge in [-0.25, -0.2) is 0 Å². The van der Waals surface area contributed by atoms with Gasteiger partial charge in [0.05, 0.1) is 6.61 Å². The van der Waals surface area contributed by atoms with Crippen LogP contribution in [0.25, 0.3) is 0 Å². The molecule has 8 heteroatoms. The van der Waals surface area contributed by atoms with Gasteiger partial charge >= 0.3 is 12.3 Å². The van der Waals surface area contributed by atoms with Gasteiger partial charge in [0.15, 0.2) is 6.29 Å². The Bertz CT molecular complexity index is 897. The van der Waals surface area contributed by atoms with E-state index in [4.69, 9.17) is 13.3 Å². The van der Waals surface area contributed by atoms with Crippen molar-refractivity contribution in [1.82, 2.24) is 0 Å². The van der Waals surface area contributed by atoms with Crippen LogP contribution >= 0.6 is 20.3 Å². The van der Waals surface area contributed by atoms with Gasteiger partial charge in [-0.15, -0.1) is 0 Å². The van der Waals surface area contributed by atoms with Crippen molar-refractivity contribution < 1.29 is 28.6 Å². The standard InChI is InChI=1S/C25H25O6.Al.HI.H/c26-21-20(31-24(29)23(28)22(21)27)16-30-25(17-10-4-1-5-11-17,18-12-6-2-7-13-18)19-14-8-3-9-15-19;;;/h1-15,20-24,26-28H,16H2;;1H;/q-1;+2;;/p-1/t20?,21-,22-,23?,24-;;;/m0.../s1. The van der Waals surface area contributed by atoms with Gasteiger partial charge in [-0.3, -0.25) is 0 Å². The normalized spacial score (nSPS) is 25.5. The molecule has 0 spiro atoms. The summed E-state index contributed by atoms with van der Waals surface area (Å²) >= 11 is 1.19. The van der Waals surface area contributed by atoms with Crippen LogP contribution in [-0.2, 0) is 18.9 Å². The first-order chi connectivity index (χ1) is 16.1. The predicted molar refractivity (Wildman–Crippen MR) is 134 cm³/mol. The third-order valence-corrected chi connectivity index (χ3v) is 7.43. The van der Waals surface area contributed by atoms with E-state index in [0.717, 1.165) is 16.7 Å². The summed E-state index contributed by atoms with van der Waals surface area (Å²) in [6, 6.07) is 29.6. The van der Waals surface area contributed by atoms with Gasteiger partial charge in [-0.2, -0.15) is 20.3 Å². The van der Waals surface area contributed by atoms with Crippen molar-refractivity contribution in [2.24, 2.45) is 0 Å². The maximum absolute atomic E-state index is 10.6. The number of halogens is 1. The first kappa shape index (κ1) is 24.8. The quantitative estimate of drug-likeness (QED) is 0.217. The molecule has 0 radical (unpaired) electrons. The molecule has 3 aromatic carbocycles. The second-order valence-corrected chi connectivity index (χ2v) is 10.3. The molecule has 1 fully saturated rings. The van der Waals surface area contributed by atoms with Crippen molar-refractivity contribution in [3.05, 3.63) is 108 Å². The zero-order valence-corrected chi connectivity index (χ0v) is 21.5. The minimum atomic E-state index is -1.39. The Hall–Kier alpha value is -1.32. The highest BCUT2D eigenvalue weighted by Gasteiger charge is 2.46. The SMILES string of the molecule is OC1[C@@H]([O][AlH][I])OC(COC(c2ccccc2)(c2ccccc2)c2ccccc2)[C@H](O)[C@@H]1O. The van der Waals surface area contributed by atoms with Gasteiger partial charge in [0.1, 0.15) is 30.0 Å². The van der Waals surface area contributed by atoms with Crippen LogP contribution < -0.4 is 0 Å². The molecule has 172 valence electrons. The molecule has 1 saturated heterocycles. The number of rotatable bonds is 8. The Morgan fingerprint density at radius 1 is 0.727 bits per heavy atom. The minimum Gasteiger partial charge on any atom is -0.470 e. The highest BCUT2D eigenvalue weighted by atomic mass is 127. The average Bonchev–Trinajstić information content (AvgIpc) is 2.87. The molecular formula is C25H26AlIO6. The molecule has 2 unspecified atom stereocenters. The van der Waals surface area contributed by atoms with E-state index in [1.807, 2.05) is 91.0 Å². The lowest BCUT2D eigenvalue weighted by atomic mass is 9.80. The summed E-state index contributed by atoms with van der Waals surface area (Å²) in [6.45, 7) is -0.0354. The van der Waals surface area contributed by atoms with Crippen molar-refractivity contribution in [2.75, 3.05) is 6.61 Å². The third-order valence-electron chi connectivity index (χ3n) is 5.90. The van der Waals surface area contributed by atoms with Crippen LogP contribution in [0.2, 0.25) is 0 Å². The van der Waals surface area contributed by atoms with Crippen LogP contribution in [-0.4, -0.2) is 64.9 Å². The molecule has 6 nitrogen and oxygen atoms in total. The number of hydrogen-bond acceptors (Lipinski definition) is 6. The summed E-state index contributed by atoms with van der Waals surface area (Å²) in [5.41, 5.74) is 1.77. The van der Waals surface area contributed by atoms with Crippen LogP contribution in [0.5, 0.6) is 0 Å². The summed E-state index contributed by atoms with van der Waals surface area (Å²) in [7, 11) is 0. The van der Waals surface area contributed by atoms with Crippen LogP contribution in [0.3, 0.4) is 0 Å². The molecule has 0 aromatic heterocycles. The van der Waals surface area contributed by atoms with Crippen LogP contribution in [0.1, 0.15) is 16.7 Å². The van der Waals surface area contributed by atoms with Crippen molar-refractivity contribution >= 4 is 32.5 Å². The van der Waals surface area contributed by atoms with Gasteiger partial charge in [-0.1, -0.05) is 91.0 Å². The van der Waals surface area contributed by atoms with Gasteiger partial charge in [0, 0.05) is 0 Å². The molecule has 1 aliphatic heterocycles. The number of hydrogen-bond donors (Lipinski definition) is 3. The number of aliphatic hydroxyl groups is 3. The third kappa shape index (κ3) is 5.20. The first-order valence-electron chi connectivity index (χ1n) is 10.8. The van der Waals surface area contributed by atoms with E-state index in [1.165, 1.54) is 0 Å². The van der Waals surface area contributed by atoms with Crippen LogP contribution in [0, 0.1) is 0 Å². The molecule has 3 N–H and O–H groups in total.